The van der Waals surface area contributed by atoms with Crippen molar-refractivity contribution in [3.8, 4) is 5.75 Å². The largest absolute Gasteiger partial charge is 0.497 e. The quantitative estimate of drug-likeness (QED) is 0.723. The zero-order valence-corrected chi connectivity index (χ0v) is 12.1. The van der Waals surface area contributed by atoms with Gasteiger partial charge in [0.2, 0.25) is 0 Å². The summed E-state index contributed by atoms with van der Waals surface area (Å²) in [6, 6.07) is 7.86. The van der Waals surface area contributed by atoms with E-state index in [4.69, 9.17) is 4.74 Å². The summed E-state index contributed by atoms with van der Waals surface area (Å²) in [7, 11) is 1.64. The van der Waals surface area contributed by atoms with Gasteiger partial charge in [0.25, 0.3) is 5.78 Å². The zero-order chi connectivity index (χ0) is 15.1. The van der Waals surface area contributed by atoms with E-state index in [1.54, 1.807) is 17.8 Å². The molecule has 0 fully saturated rings. The van der Waals surface area contributed by atoms with Crippen molar-refractivity contribution in [2.75, 3.05) is 7.11 Å². The fourth-order valence-corrected chi connectivity index (χ4v) is 2.93. The summed E-state index contributed by atoms with van der Waals surface area (Å²) in [6.45, 7) is 0. The molecule has 3 aromatic rings. The Balaban J connectivity index is 1.71. The highest BCUT2D eigenvalue weighted by atomic mass is 16.5. The minimum absolute atomic E-state index is 0.104. The number of ether oxygens (including phenoxy) is 1. The average molecular weight is 294 g/mol. The summed E-state index contributed by atoms with van der Waals surface area (Å²) in [4.78, 5) is 21.0. The van der Waals surface area contributed by atoms with E-state index in [1.807, 2.05) is 24.3 Å². The van der Waals surface area contributed by atoms with Crippen LogP contribution in [-0.4, -0.2) is 32.5 Å². The third-order valence-electron chi connectivity index (χ3n) is 4.11. The lowest BCUT2D eigenvalue weighted by molar-refractivity contribution is 0.0962. The van der Waals surface area contributed by atoms with Gasteiger partial charge in [0, 0.05) is 12.6 Å². The molecular weight excluding hydrogens is 280 g/mol. The lowest BCUT2D eigenvalue weighted by Crippen LogP contribution is -2.21. The number of aromatic nitrogens is 4. The highest BCUT2D eigenvalue weighted by Crippen LogP contribution is 2.32. The molecule has 2 heterocycles. The summed E-state index contributed by atoms with van der Waals surface area (Å²) in [5, 5.41) is 4.03. The zero-order valence-electron chi connectivity index (χ0n) is 12.1. The Morgan fingerprint density at radius 1 is 1.23 bits per heavy atom. The summed E-state index contributed by atoms with van der Waals surface area (Å²) in [5.41, 5.74) is 2.59. The molecule has 0 N–H and O–H groups in total. The van der Waals surface area contributed by atoms with Crippen LogP contribution in [0.25, 0.3) is 5.78 Å². The second kappa shape index (κ2) is 4.91. The van der Waals surface area contributed by atoms with E-state index in [2.05, 4.69) is 15.1 Å². The Hall–Kier alpha value is -2.76. The third kappa shape index (κ3) is 2.04. The normalized spacial score (nSPS) is 17.5. The molecule has 4 rings (SSSR count). The topological polar surface area (TPSA) is 69.4 Å². The molecule has 0 bridgehead atoms. The van der Waals surface area contributed by atoms with Crippen LogP contribution < -0.4 is 4.74 Å². The van der Waals surface area contributed by atoms with Gasteiger partial charge in [-0.1, -0.05) is 12.1 Å². The van der Waals surface area contributed by atoms with Gasteiger partial charge in [0.05, 0.1) is 18.4 Å². The summed E-state index contributed by atoms with van der Waals surface area (Å²) < 4.78 is 6.72. The van der Waals surface area contributed by atoms with Crippen molar-refractivity contribution in [3.05, 3.63) is 53.6 Å². The Bertz CT molecular complexity index is 854. The van der Waals surface area contributed by atoms with Gasteiger partial charge >= 0.3 is 0 Å². The van der Waals surface area contributed by atoms with Crippen molar-refractivity contribution in [3.63, 3.8) is 0 Å². The van der Waals surface area contributed by atoms with E-state index >= 15 is 0 Å². The van der Waals surface area contributed by atoms with Crippen LogP contribution in [0.5, 0.6) is 5.75 Å². The number of carbonyl (C=O) groups excluding carboxylic acids is 1. The molecule has 1 aliphatic rings. The van der Waals surface area contributed by atoms with Crippen molar-refractivity contribution in [1.82, 2.24) is 19.6 Å². The van der Waals surface area contributed by atoms with Crippen LogP contribution in [0.2, 0.25) is 0 Å². The van der Waals surface area contributed by atoms with Gasteiger partial charge in [0.1, 0.15) is 12.1 Å². The van der Waals surface area contributed by atoms with E-state index in [1.165, 1.54) is 6.33 Å². The molecule has 0 amide bonds. The molecular formula is C16H14N4O2. The summed E-state index contributed by atoms with van der Waals surface area (Å²) >= 11 is 0. The fraction of sp³-hybridized carbons (Fsp3) is 0.250. The highest BCUT2D eigenvalue weighted by molar-refractivity contribution is 5.98. The number of Topliss-reactive ketones (excluding diaryl/α,β-unsaturated/α-hetero) is 1. The molecule has 0 unspecified atom stereocenters. The summed E-state index contributed by atoms with van der Waals surface area (Å²) in [6.07, 6.45) is 4.40. The first-order valence-electron chi connectivity index (χ1n) is 7.11. The highest BCUT2D eigenvalue weighted by Gasteiger charge is 2.28. The van der Waals surface area contributed by atoms with Crippen molar-refractivity contribution in [2.24, 2.45) is 0 Å². The molecule has 22 heavy (non-hydrogen) atoms. The SMILES string of the molecule is COc1ccc([C@@H]2CC(=O)c3cn4ncnc4nc3C2)cc1. The van der Waals surface area contributed by atoms with Gasteiger partial charge in [-0.25, -0.2) is 9.50 Å². The van der Waals surface area contributed by atoms with Crippen LogP contribution in [0, 0.1) is 0 Å². The van der Waals surface area contributed by atoms with Crippen LogP contribution in [0.3, 0.4) is 0 Å². The molecule has 0 radical (unpaired) electrons. The molecule has 0 spiro atoms. The predicted octanol–water partition coefficient (Wildman–Crippen LogP) is 2.05. The maximum Gasteiger partial charge on any atom is 0.252 e. The first-order chi connectivity index (χ1) is 10.7. The third-order valence-corrected chi connectivity index (χ3v) is 4.11. The van der Waals surface area contributed by atoms with Crippen molar-refractivity contribution in [2.45, 2.75) is 18.8 Å². The Morgan fingerprint density at radius 3 is 2.82 bits per heavy atom. The molecule has 110 valence electrons. The lowest BCUT2D eigenvalue weighted by Gasteiger charge is -2.23. The second-order valence-electron chi connectivity index (χ2n) is 5.41. The number of carbonyl (C=O) groups is 1. The second-order valence-corrected chi connectivity index (χ2v) is 5.41. The van der Waals surface area contributed by atoms with E-state index in [9.17, 15) is 4.79 Å². The smallest absolute Gasteiger partial charge is 0.252 e. The fourth-order valence-electron chi connectivity index (χ4n) is 2.93. The number of methoxy groups -OCH3 is 1. The molecule has 0 saturated carbocycles. The van der Waals surface area contributed by atoms with Crippen LogP contribution in [-0.2, 0) is 6.42 Å². The average Bonchev–Trinajstić information content (AvgIpc) is 3.00. The number of ketones is 1. The molecule has 6 nitrogen and oxygen atoms in total. The number of benzene rings is 1. The molecule has 1 aliphatic carbocycles. The van der Waals surface area contributed by atoms with E-state index in [-0.39, 0.29) is 11.7 Å². The Labute approximate surface area is 126 Å². The van der Waals surface area contributed by atoms with Crippen LogP contribution in [0.4, 0.5) is 0 Å². The molecule has 1 aromatic carbocycles. The predicted molar refractivity (Wildman–Crippen MR) is 79.2 cm³/mol. The van der Waals surface area contributed by atoms with E-state index in [0.717, 1.165) is 23.4 Å². The van der Waals surface area contributed by atoms with Gasteiger partial charge in [-0.2, -0.15) is 10.1 Å². The number of hydrogen-bond donors (Lipinski definition) is 0. The lowest BCUT2D eigenvalue weighted by atomic mass is 9.82. The van der Waals surface area contributed by atoms with Gasteiger partial charge in [-0.15, -0.1) is 0 Å². The molecule has 0 saturated heterocycles. The van der Waals surface area contributed by atoms with Crippen LogP contribution in [0.15, 0.2) is 36.8 Å². The maximum absolute atomic E-state index is 12.4. The number of rotatable bonds is 2. The first-order valence-corrected chi connectivity index (χ1v) is 7.11. The van der Waals surface area contributed by atoms with Crippen molar-refractivity contribution < 1.29 is 9.53 Å². The molecule has 6 heteroatoms. The number of hydrogen-bond acceptors (Lipinski definition) is 5. The minimum atomic E-state index is 0.104. The van der Waals surface area contributed by atoms with Crippen LogP contribution in [0.1, 0.15) is 34.0 Å². The van der Waals surface area contributed by atoms with Gasteiger partial charge in [-0.3, -0.25) is 4.79 Å². The van der Waals surface area contributed by atoms with Gasteiger partial charge in [-0.05, 0) is 30.0 Å². The van der Waals surface area contributed by atoms with Gasteiger partial charge in [0.15, 0.2) is 5.78 Å². The minimum Gasteiger partial charge on any atom is -0.497 e. The summed E-state index contributed by atoms with van der Waals surface area (Å²) in [5.74, 6) is 1.59. The maximum atomic E-state index is 12.4. The monoisotopic (exact) mass is 294 g/mol. The number of fused-ring (bicyclic) bond motifs is 2. The van der Waals surface area contributed by atoms with E-state index < -0.39 is 0 Å². The van der Waals surface area contributed by atoms with Crippen molar-refractivity contribution >= 4 is 11.6 Å². The van der Waals surface area contributed by atoms with E-state index in [0.29, 0.717) is 17.8 Å². The standard InChI is InChI=1S/C16H14N4O2/c1-22-12-4-2-10(3-5-12)11-6-14-13(15(21)7-11)8-20-16(19-14)17-9-18-20/h2-5,8-9,11H,6-7H2,1H3/t11-/m0/s1. The van der Waals surface area contributed by atoms with Crippen LogP contribution >= 0.6 is 0 Å². The first kappa shape index (κ1) is 12.9. The van der Waals surface area contributed by atoms with Gasteiger partial charge < -0.3 is 4.74 Å². The van der Waals surface area contributed by atoms with Crippen molar-refractivity contribution in [1.29, 1.82) is 0 Å². The number of nitrogens with zero attached hydrogens (tertiary/aromatic N) is 4. The molecule has 2 aromatic heterocycles. The Kier molecular flexibility index (Phi) is 2.89. The molecule has 1 atom stereocenters. The Morgan fingerprint density at radius 2 is 2.05 bits per heavy atom. The molecule has 0 aliphatic heterocycles.